The third kappa shape index (κ3) is 19.8. The number of hydrogen-bond acceptors (Lipinski definition) is 24. The molecule has 9 aliphatic heterocycles. The smallest absolute Gasteiger partial charge is 0.245 e. The molecule has 1 aromatic heterocycles. The van der Waals surface area contributed by atoms with Crippen LogP contribution in [0.25, 0.3) is 0 Å². The second-order valence-electron chi connectivity index (χ2n) is 31.8. The minimum absolute atomic E-state index is 0.0666. The Labute approximate surface area is 676 Å². The molecule has 0 bridgehead atoms. The number of Topliss-reactive ketones (excluding diaryl/α,β-unsaturated/α-hetero) is 4. The minimum Gasteiger partial charge on any atom is -0.358 e. The van der Waals surface area contributed by atoms with Gasteiger partial charge in [-0.2, -0.15) is 17.2 Å². The van der Waals surface area contributed by atoms with Crippen LogP contribution in [0.1, 0.15) is 158 Å². The standard InChI is InChI=1S/C22H35N3O4S.C20H25N5O4S.C20H24N4O4S.C18H27N3O4S/c1-18(26)19-8-10-21(11-9-19)30(27,28)25-20(7-5-6-14-23(2)3)17-29-22(25)12-15-24(4)16-13-22;1-14(26)15-3-5-17(6-4-15)30(28,29)25-18(11-16-12-21-13-22-16)19(27)23-20(25)7-9-24(2)10-8-20;1-14(25)15-4-6-17(7-5-15)29(27,28)24-18(13-16-3-2-10-22-16)19(26)23-20(24)8-11-21-12-9-20;1-14(22)15-4-6-17(7-5-15)26(23,24)21-13-16(12-20(2)3)25-18(21)8-10-19-11-9-18/h8-11,20H,5-7,12-17H2,1-4H3;3-6,12-13,18H,7-11H2,1-2H3,(H,21,22)(H,23,27);3-7,10,18,21H,2,8-9,11-13H2,1H3,(H,23,26);4-7,16,19H,8-13H2,1-3H3. The summed E-state index contributed by atoms with van der Waals surface area (Å²) in [6.45, 7) is 13.9. The van der Waals surface area contributed by atoms with Crippen LogP contribution >= 0.6 is 0 Å². The highest BCUT2D eigenvalue weighted by atomic mass is 32.2. The molecule has 0 aliphatic carbocycles. The van der Waals surface area contributed by atoms with Crippen LogP contribution in [0, 0.1) is 0 Å². The van der Waals surface area contributed by atoms with Crippen molar-refractivity contribution in [1.82, 2.24) is 68.1 Å². The van der Waals surface area contributed by atoms with Crippen molar-refractivity contribution in [3.8, 4) is 0 Å². The number of imidazole rings is 1. The maximum Gasteiger partial charge on any atom is 0.245 e. The summed E-state index contributed by atoms with van der Waals surface area (Å²) in [5.41, 5.74) is -0.160. The van der Waals surface area contributed by atoms with E-state index < -0.39 is 75.0 Å². The number of carbonyl (C=O) groups excluding carboxylic acids is 6. The average molecular weight is 1670 g/mol. The summed E-state index contributed by atoms with van der Waals surface area (Å²) in [7, 11) is -3.40. The molecule has 10 heterocycles. The van der Waals surface area contributed by atoms with Crippen molar-refractivity contribution in [2.45, 2.75) is 184 Å². The summed E-state index contributed by atoms with van der Waals surface area (Å²) in [5.74, 6) is -1.03. The zero-order valence-electron chi connectivity index (χ0n) is 67.4. The summed E-state index contributed by atoms with van der Waals surface area (Å²) >= 11 is 0. The Hall–Kier alpha value is -7.56. The lowest BCUT2D eigenvalue weighted by molar-refractivity contribution is -0.122. The molecule has 31 nitrogen and oxygen atoms in total. The molecule has 9 aliphatic rings. The van der Waals surface area contributed by atoms with E-state index in [1.165, 1.54) is 108 Å². The van der Waals surface area contributed by atoms with Crippen LogP contribution in [0.5, 0.6) is 0 Å². The van der Waals surface area contributed by atoms with E-state index in [-0.39, 0.29) is 79.5 Å². The molecule has 0 radical (unpaired) electrons. The van der Waals surface area contributed by atoms with Crippen molar-refractivity contribution >= 4 is 81.3 Å². The Bertz CT molecular complexity index is 4830. The number of aliphatic imine (C=N–C) groups is 1. The summed E-state index contributed by atoms with van der Waals surface area (Å²) in [6.07, 6.45) is 15.1. The van der Waals surface area contributed by atoms with Gasteiger partial charge in [0, 0.05) is 130 Å². The van der Waals surface area contributed by atoms with Gasteiger partial charge in [0.05, 0.1) is 44.7 Å². The van der Waals surface area contributed by atoms with E-state index in [0.717, 1.165) is 57.7 Å². The maximum atomic E-state index is 13.8. The minimum atomic E-state index is -4.01. The number of aromatic amines is 1. The van der Waals surface area contributed by atoms with Gasteiger partial charge < -0.3 is 55.3 Å². The molecule has 5 N–H and O–H groups in total. The number of rotatable bonds is 23. The van der Waals surface area contributed by atoms with Gasteiger partial charge in [0.2, 0.25) is 51.9 Å². The second kappa shape index (κ2) is 36.8. The Kier molecular flexibility index (Phi) is 28.2. The molecule has 4 aromatic carbocycles. The number of allylic oxidation sites excluding steroid dienone is 1. The molecule has 4 spiro atoms. The van der Waals surface area contributed by atoms with Crippen molar-refractivity contribution < 1.29 is 71.9 Å². The third-order valence-electron chi connectivity index (χ3n) is 23.0. The summed E-state index contributed by atoms with van der Waals surface area (Å²) in [5, 5.41) is 12.5. The number of ketones is 4. The molecule has 5 aromatic rings. The van der Waals surface area contributed by atoms with Gasteiger partial charge in [-0.1, -0.05) is 61.0 Å². The van der Waals surface area contributed by atoms with Crippen LogP contribution in [-0.4, -0.2) is 290 Å². The van der Waals surface area contributed by atoms with Crippen molar-refractivity contribution in [3.63, 3.8) is 0 Å². The summed E-state index contributed by atoms with van der Waals surface area (Å²) in [4.78, 5) is 92.3. The number of likely N-dealkylation sites (tertiary alicyclic amines) is 2. The number of H-pyrrole nitrogens is 1. The molecular weight excluding hydrogens is 1560 g/mol. The molecule has 8 saturated heterocycles. The first kappa shape index (κ1) is 88.3. The number of benzene rings is 4. The predicted octanol–water partition coefficient (Wildman–Crippen LogP) is 5.33. The van der Waals surface area contributed by atoms with E-state index in [1.807, 2.05) is 46.2 Å². The molecule has 4 unspecified atom stereocenters. The largest absolute Gasteiger partial charge is 0.358 e. The van der Waals surface area contributed by atoms with Gasteiger partial charge in [-0.3, -0.25) is 33.8 Å². The van der Waals surface area contributed by atoms with Gasteiger partial charge in [0.15, 0.2) is 23.1 Å². The zero-order chi connectivity index (χ0) is 83.1. The van der Waals surface area contributed by atoms with Gasteiger partial charge in [0.1, 0.15) is 34.9 Å². The number of sulfonamides is 4. The molecule has 14 rings (SSSR count). The number of unbranched alkanes of at least 4 members (excludes halogenated alkanes) is 1. The van der Waals surface area contributed by atoms with Gasteiger partial charge in [-0.25, -0.2) is 38.7 Å². The topological polar surface area (TPSA) is 373 Å². The molecular formula is C80H111N15O16S4. The first-order valence-corrected chi connectivity index (χ1v) is 45.1. The maximum absolute atomic E-state index is 13.8. The Morgan fingerprint density at radius 3 is 1.37 bits per heavy atom. The van der Waals surface area contributed by atoms with Crippen molar-refractivity contribution in [1.29, 1.82) is 0 Å². The fourth-order valence-electron chi connectivity index (χ4n) is 16.7. The monoisotopic (exact) mass is 1670 g/mol. The number of piperidine rings is 4. The van der Waals surface area contributed by atoms with E-state index in [2.05, 4.69) is 58.0 Å². The van der Waals surface area contributed by atoms with Crippen molar-refractivity contribution in [2.24, 2.45) is 4.99 Å². The number of nitrogens with zero attached hydrogens (tertiary/aromatic N) is 10. The Morgan fingerprint density at radius 2 is 0.948 bits per heavy atom. The molecule has 2 amide bonds. The number of aromatic nitrogens is 2. The quantitative estimate of drug-likeness (QED) is 0.0408. The lowest BCUT2D eigenvalue weighted by atomic mass is 9.98. The second-order valence-corrected chi connectivity index (χ2v) is 39.1. The van der Waals surface area contributed by atoms with Gasteiger partial charge >= 0.3 is 0 Å². The Morgan fingerprint density at radius 1 is 0.522 bits per heavy atom. The molecule has 4 atom stereocenters. The van der Waals surface area contributed by atoms with Gasteiger partial charge in [0.25, 0.3) is 0 Å². The summed E-state index contributed by atoms with van der Waals surface area (Å²) in [6, 6.07) is 22.3. The van der Waals surface area contributed by atoms with E-state index in [4.69, 9.17) is 9.47 Å². The van der Waals surface area contributed by atoms with Crippen LogP contribution in [-0.2, 0) is 65.6 Å². The van der Waals surface area contributed by atoms with Gasteiger partial charge in [-0.05, 0) is 190 Å². The van der Waals surface area contributed by atoms with Crippen LogP contribution in [0.2, 0.25) is 0 Å². The van der Waals surface area contributed by atoms with Crippen LogP contribution in [0.4, 0.5) is 0 Å². The predicted molar refractivity (Wildman–Crippen MR) is 433 cm³/mol. The number of carbonyl (C=O) groups is 6. The van der Waals surface area contributed by atoms with Crippen LogP contribution in [0.3, 0.4) is 0 Å². The zero-order valence-corrected chi connectivity index (χ0v) is 70.6. The molecule has 8 fully saturated rings. The number of amides is 2. The first-order valence-electron chi connectivity index (χ1n) is 39.3. The fourth-order valence-corrected chi connectivity index (χ4v) is 24.2. The molecule has 115 heavy (non-hydrogen) atoms. The van der Waals surface area contributed by atoms with Crippen LogP contribution < -0.4 is 21.3 Å². The molecule has 35 heteroatoms. The van der Waals surface area contributed by atoms with E-state index >= 15 is 0 Å². The van der Waals surface area contributed by atoms with E-state index in [1.54, 1.807) is 53.1 Å². The Balaban J connectivity index is 0.000000151. The average Bonchev–Trinajstić information content (AvgIpc) is 1.61. The lowest BCUT2D eigenvalue weighted by Gasteiger charge is -2.43. The highest BCUT2D eigenvalue weighted by Crippen LogP contribution is 2.45. The molecule has 626 valence electrons. The van der Waals surface area contributed by atoms with Crippen LogP contribution in [0.15, 0.2) is 146 Å². The van der Waals surface area contributed by atoms with Crippen molar-refractivity contribution in [2.75, 3.05) is 121 Å². The highest BCUT2D eigenvalue weighted by molar-refractivity contribution is 7.90. The SMILES string of the molecule is CC(=O)c1ccc(S(=O)(=O)N2C(CC3=CCC=N3)C(=O)NC23CCNCC3)cc1.CC(=O)c1ccc(S(=O)(=O)N2C(CCCCN(C)C)COC23CCN(C)CC3)cc1.CC(=O)c1ccc(S(=O)(=O)N2C(Cc3cnc[nH]3)C(=O)NC23CCN(C)CC3)cc1.CC(=O)c1ccc(S(=O)(=O)N2CC(CN(C)C)OC23CCNCC3)cc1. The first-order chi connectivity index (χ1) is 54.5. The van der Waals surface area contributed by atoms with E-state index in [9.17, 15) is 62.4 Å². The lowest BCUT2D eigenvalue weighted by Crippen LogP contribution is -2.60. The summed E-state index contributed by atoms with van der Waals surface area (Å²) < 4.78 is 128. The van der Waals surface area contributed by atoms with Crippen molar-refractivity contribution in [3.05, 3.63) is 149 Å². The number of ether oxygens (including phenoxy) is 2. The number of likely N-dealkylation sites (N-methyl/N-ethyl adjacent to an activating group) is 1. The fraction of sp³-hybridized carbons (Fsp3) is 0.550. The normalized spacial score (nSPS) is 23.1. The number of nitrogens with one attached hydrogen (secondary N) is 5. The highest BCUT2D eigenvalue weighted by Gasteiger charge is 2.60. The van der Waals surface area contributed by atoms with E-state index in [0.29, 0.717) is 132 Å². The molecule has 0 saturated carbocycles. The third-order valence-corrected chi connectivity index (χ3v) is 30.9. The van der Waals surface area contributed by atoms with Gasteiger partial charge in [-0.15, -0.1) is 0 Å². The number of hydrogen-bond donors (Lipinski definition) is 5.